The van der Waals surface area contributed by atoms with E-state index < -0.39 is 0 Å². The Balaban J connectivity index is 1.68. The number of guanidine groups is 1. The van der Waals surface area contributed by atoms with Crippen LogP contribution in [-0.2, 0) is 17.8 Å². The van der Waals surface area contributed by atoms with Crippen molar-refractivity contribution >= 4 is 11.9 Å². The summed E-state index contributed by atoms with van der Waals surface area (Å²) in [5.41, 5.74) is 2.25. The molecule has 0 saturated carbocycles. The zero-order valence-corrected chi connectivity index (χ0v) is 18.0. The molecule has 7 nitrogen and oxygen atoms in total. The minimum Gasteiger partial charge on any atom is -0.493 e. The molecule has 2 aromatic carbocycles. The van der Waals surface area contributed by atoms with Gasteiger partial charge in [0.2, 0.25) is 5.91 Å². The fraction of sp³-hybridized carbons (Fsp3) is 0.391. The molecule has 0 fully saturated rings. The third-order valence-electron chi connectivity index (χ3n) is 4.44. The molecule has 0 saturated heterocycles. The molecule has 0 aromatic heterocycles. The second-order valence-corrected chi connectivity index (χ2v) is 6.64. The maximum Gasteiger partial charge on any atom is 0.239 e. The van der Waals surface area contributed by atoms with Crippen LogP contribution in [0.25, 0.3) is 0 Å². The van der Waals surface area contributed by atoms with Crippen molar-refractivity contribution in [2.75, 3.05) is 33.9 Å². The van der Waals surface area contributed by atoms with Crippen molar-refractivity contribution in [1.82, 2.24) is 16.0 Å². The number of benzene rings is 2. The van der Waals surface area contributed by atoms with E-state index in [1.165, 1.54) is 5.56 Å². The van der Waals surface area contributed by atoms with Crippen molar-refractivity contribution in [3.8, 4) is 11.5 Å². The topological polar surface area (TPSA) is 84.0 Å². The van der Waals surface area contributed by atoms with Gasteiger partial charge in [-0.15, -0.1) is 0 Å². The summed E-state index contributed by atoms with van der Waals surface area (Å²) in [5, 5.41) is 9.16. The SMILES string of the molecule is CCOc1cc(CCCNC(=NC)NCC(=O)NCc2ccccc2)ccc1OC. The second-order valence-electron chi connectivity index (χ2n) is 6.64. The second kappa shape index (κ2) is 13.1. The van der Waals surface area contributed by atoms with Gasteiger partial charge in [0.15, 0.2) is 17.5 Å². The molecule has 0 bridgehead atoms. The number of carbonyl (C=O) groups excluding carboxylic acids is 1. The van der Waals surface area contributed by atoms with Gasteiger partial charge in [0.05, 0.1) is 20.3 Å². The van der Waals surface area contributed by atoms with Crippen molar-refractivity contribution in [1.29, 1.82) is 0 Å². The number of hydrogen-bond acceptors (Lipinski definition) is 4. The van der Waals surface area contributed by atoms with Gasteiger partial charge in [0, 0.05) is 20.1 Å². The van der Waals surface area contributed by atoms with E-state index in [4.69, 9.17) is 9.47 Å². The molecular weight excluding hydrogens is 380 g/mol. The molecule has 30 heavy (non-hydrogen) atoms. The Morgan fingerprint density at radius 1 is 1.00 bits per heavy atom. The molecule has 0 atom stereocenters. The van der Waals surface area contributed by atoms with Crippen molar-refractivity contribution in [3.05, 3.63) is 59.7 Å². The maximum absolute atomic E-state index is 12.0. The van der Waals surface area contributed by atoms with Gasteiger partial charge < -0.3 is 25.4 Å². The molecule has 0 heterocycles. The van der Waals surface area contributed by atoms with Crippen LogP contribution in [0, 0.1) is 0 Å². The van der Waals surface area contributed by atoms with E-state index in [9.17, 15) is 4.79 Å². The van der Waals surface area contributed by atoms with E-state index in [1.807, 2.05) is 55.5 Å². The summed E-state index contributed by atoms with van der Waals surface area (Å²) >= 11 is 0. The van der Waals surface area contributed by atoms with E-state index in [1.54, 1.807) is 14.2 Å². The number of hydrogen-bond donors (Lipinski definition) is 3. The zero-order chi connectivity index (χ0) is 21.6. The largest absolute Gasteiger partial charge is 0.493 e. The number of ether oxygens (including phenoxy) is 2. The molecule has 0 aliphatic rings. The summed E-state index contributed by atoms with van der Waals surface area (Å²) in [6.07, 6.45) is 1.81. The molecule has 3 N–H and O–H groups in total. The molecule has 2 rings (SSSR count). The highest BCUT2D eigenvalue weighted by Crippen LogP contribution is 2.28. The first kappa shape index (κ1) is 23.1. The quantitative estimate of drug-likeness (QED) is 0.300. The van der Waals surface area contributed by atoms with Crippen LogP contribution in [0.5, 0.6) is 11.5 Å². The number of methoxy groups -OCH3 is 1. The highest BCUT2D eigenvalue weighted by atomic mass is 16.5. The lowest BCUT2D eigenvalue weighted by Gasteiger charge is -2.13. The minimum atomic E-state index is -0.0801. The molecule has 0 aliphatic carbocycles. The lowest BCUT2D eigenvalue weighted by molar-refractivity contribution is -0.120. The van der Waals surface area contributed by atoms with Crippen LogP contribution in [0.2, 0.25) is 0 Å². The highest BCUT2D eigenvalue weighted by molar-refractivity contribution is 5.86. The van der Waals surface area contributed by atoms with Gasteiger partial charge in [-0.05, 0) is 43.0 Å². The molecular formula is C23H32N4O3. The standard InChI is InChI=1S/C23H32N4O3/c1-4-30-21-15-18(12-13-20(21)29-3)11-8-14-25-23(24-2)27-17-22(28)26-16-19-9-6-5-7-10-19/h5-7,9-10,12-13,15H,4,8,11,14,16-17H2,1-3H3,(H,26,28)(H2,24,25,27). The van der Waals surface area contributed by atoms with Crippen LogP contribution < -0.4 is 25.4 Å². The highest BCUT2D eigenvalue weighted by Gasteiger charge is 2.06. The van der Waals surface area contributed by atoms with Gasteiger partial charge in [-0.3, -0.25) is 9.79 Å². The fourth-order valence-electron chi connectivity index (χ4n) is 2.89. The third kappa shape index (κ3) is 8.03. The summed E-state index contributed by atoms with van der Waals surface area (Å²) in [5.74, 6) is 2.04. The fourth-order valence-corrected chi connectivity index (χ4v) is 2.89. The Morgan fingerprint density at radius 2 is 1.80 bits per heavy atom. The van der Waals surface area contributed by atoms with Crippen molar-refractivity contribution < 1.29 is 14.3 Å². The predicted octanol–water partition coefficient (Wildman–Crippen LogP) is 2.51. The summed E-state index contributed by atoms with van der Waals surface area (Å²) in [4.78, 5) is 16.2. The Morgan fingerprint density at radius 3 is 2.50 bits per heavy atom. The Hall–Kier alpha value is -3.22. The first-order valence-electron chi connectivity index (χ1n) is 10.2. The average molecular weight is 413 g/mol. The van der Waals surface area contributed by atoms with Crippen molar-refractivity contribution in [2.45, 2.75) is 26.3 Å². The molecule has 0 radical (unpaired) electrons. The summed E-state index contributed by atoms with van der Waals surface area (Å²) in [6.45, 7) is 3.97. The predicted molar refractivity (Wildman–Crippen MR) is 120 cm³/mol. The lowest BCUT2D eigenvalue weighted by Crippen LogP contribution is -2.43. The zero-order valence-electron chi connectivity index (χ0n) is 18.0. The lowest BCUT2D eigenvalue weighted by atomic mass is 10.1. The van der Waals surface area contributed by atoms with Crippen molar-refractivity contribution in [3.63, 3.8) is 0 Å². The van der Waals surface area contributed by atoms with E-state index in [0.29, 0.717) is 19.1 Å². The van der Waals surface area contributed by atoms with Crippen LogP contribution in [0.15, 0.2) is 53.5 Å². The van der Waals surface area contributed by atoms with Gasteiger partial charge in [-0.2, -0.15) is 0 Å². The van der Waals surface area contributed by atoms with Gasteiger partial charge >= 0.3 is 0 Å². The maximum atomic E-state index is 12.0. The van der Waals surface area contributed by atoms with Gasteiger partial charge in [0.1, 0.15) is 0 Å². The first-order chi connectivity index (χ1) is 14.7. The average Bonchev–Trinajstić information content (AvgIpc) is 2.78. The smallest absolute Gasteiger partial charge is 0.239 e. The molecule has 0 aliphatic heterocycles. The molecule has 2 aromatic rings. The first-order valence-corrected chi connectivity index (χ1v) is 10.2. The number of nitrogens with zero attached hydrogens (tertiary/aromatic N) is 1. The van der Waals surface area contributed by atoms with Crippen LogP contribution in [0.3, 0.4) is 0 Å². The van der Waals surface area contributed by atoms with Crippen LogP contribution in [-0.4, -0.2) is 45.7 Å². The Bertz CT molecular complexity index is 809. The summed E-state index contributed by atoms with van der Waals surface area (Å²) in [6, 6.07) is 15.8. The van der Waals surface area contributed by atoms with Crippen molar-refractivity contribution in [2.24, 2.45) is 4.99 Å². The normalized spacial score (nSPS) is 11.0. The van der Waals surface area contributed by atoms with Gasteiger partial charge in [0.25, 0.3) is 0 Å². The van der Waals surface area contributed by atoms with E-state index in [-0.39, 0.29) is 12.5 Å². The molecule has 162 valence electrons. The number of carbonyl (C=O) groups is 1. The molecule has 1 amide bonds. The number of amides is 1. The number of rotatable bonds is 11. The van der Waals surface area contributed by atoms with E-state index >= 15 is 0 Å². The summed E-state index contributed by atoms with van der Waals surface area (Å²) in [7, 11) is 3.33. The van der Waals surface area contributed by atoms with E-state index in [2.05, 4.69) is 20.9 Å². The van der Waals surface area contributed by atoms with Crippen LogP contribution >= 0.6 is 0 Å². The monoisotopic (exact) mass is 412 g/mol. The number of aliphatic imine (C=N–C) groups is 1. The molecule has 7 heteroatoms. The van der Waals surface area contributed by atoms with Crippen LogP contribution in [0.4, 0.5) is 0 Å². The Kier molecular flexibility index (Phi) is 10.1. The van der Waals surface area contributed by atoms with Gasteiger partial charge in [-0.25, -0.2) is 0 Å². The number of nitrogens with one attached hydrogen (secondary N) is 3. The van der Waals surface area contributed by atoms with E-state index in [0.717, 1.165) is 36.4 Å². The number of aryl methyl sites for hydroxylation is 1. The summed E-state index contributed by atoms with van der Waals surface area (Å²) < 4.78 is 10.9. The van der Waals surface area contributed by atoms with Crippen LogP contribution in [0.1, 0.15) is 24.5 Å². The van der Waals surface area contributed by atoms with Gasteiger partial charge in [-0.1, -0.05) is 36.4 Å². The third-order valence-corrected chi connectivity index (χ3v) is 4.44. The minimum absolute atomic E-state index is 0.0801. The molecule has 0 unspecified atom stereocenters. The molecule has 0 spiro atoms. The Labute approximate surface area is 178 Å².